The Bertz CT molecular complexity index is 1310. The first-order chi connectivity index (χ1) is 17.0. The van der Waals surface area contributed by atoms with Crippen LogP contribution in [0.25, 0.3) is 6.08 Å². The highest BCUT2D eigenvalue weighted by Crippen LogP contribution is 2.34. The molecule has 0 saturated heterocycles. The van der Waals surface area contributed by atoms with Crippen molar-refractivity contribution >= 4 is 69.4 Å². The average molecular weight is 527 g/mol. The van der Waals surface area contributed by atoms with Crippen LogP contribution in [0.5, 0.6) is 5.75 Å². The minimum absolute atomic E-state index is 0.0894. The first-order valence-corrected chi connectivity index (χ1v) is 12.5. The molecule has 0 bridgehead atoms. The number of nitrogens with one attached hydrogen (secondary N) is 2. The maximum absolute atomic E-state index is 13.2. The number of hydrogen-bond acceptors (Lipinski definition) is 7. The van der Waals surface area contributed by atoms with Crippen molar-refractivity contribution in [2.75, 3.05) is 17.8 Å². The van der Waals surface area contributed by atoms with Crippen LogP contribution in [0.2, 0.25) is 5.02 Å². The van der Waals surface area contributed by atoms with E-state index in [2.05, 4.69) is 15.8 Å². The summed E-state index contributed by atoms with van der Waals surface area (Å²) in [6.45, 7) is 0. The van der Waals surface area contributed by atoms with Gasteiger partial charge in [-0.1, -0.05) is 47.6 Å². The van der Waals surface area contributed by atoms with Gasteiger partial charge in [-0.2, -0.15) is 0 Å². The summed E-state index contributed by atoms with van der Waals surface area (Å²) in [6.07, 6.45) is 1.69. The molecule has 0 radical (unpaired) electrons. The number of aliphatic imine (C=N–C) groups is 1. The standard InChI is InChI=1S/C24H19ClN4O4S2/c1-33-20-10-9-16(12-18(20)25)29-23(32)19(13-17-8-5-11-34-17)26-24(29)35-14-21(30)27-28-22(31)15-6-3-2-4-7-15/h2-13H,14H2,1H3,(H,27,30)(H,28,31)/b19-13-. The Kier molecular flexibility index (Phi) is 7.86. The van der Waals surface area contributed by atoms with Crippen LogP contribution < -0.4 is 20.5 Å². The molecule has 2 heterocycles. The van der Waals surface area contributed by atoms with Gasteiger partial charge >= 0.3 is 0 Å². The van der Waals surface area contributed by atoms with Crippen LogP contribution in [0.15, 0.2) is 76.7 Å². The molecule has 11 heteroatoms. The largest absolute Gasteiger partial charge is 0.495 e. The molecule has 0 spiro atoms. The summed E-state index contributed by atoms with van der Waals surface area (Å²) < 4.78 is 5.20. The Morgan fingerprint density at radius 3 is 2.63 bits per heavy atom. The van der Waals surface area contributed by atoms with Gasteiger partial charge in [-0.25, -0.2) is 4.99 Å². The third-order valence-electron chi connectivity index (χ3n) is 4.73. The summed E-state index contributed by atoms with van der Waals surface area (Å²) in [5, 5.41) is 2.54. The molecule has 1 aromatic heterocycles. The summed E-state index contributed by atoms with van der Waals surface area (Å²) in [5.41, 5.74) is 5.88. The molecular formula is C24H19ClN4O4S2. The van der Waals surface area contributed by atoms with E-state index >= 15 is 0 Å². The minimum Gasteiger partial charge on any atom is -0.495 e. The lowest BCUT2D eigenvalue weighted by Crippen LogP contribution is -2.43. The van der Waals surface area contributed by atoms with Crippen molar-refractivity contribution in [3.8, 4) is 5.75 Å². The second kappa shape index (κ2) is 11.2. The van der Waals surface area contributed by atoms with Gasteiger partial charge in [-0.05, 0) is 47.9 Å². The molecule has 0 fully saturated rings. The fourth-order valence-electron chi connectivity index (χ4n) is 3.08. The number of nitrogens with zero attached hydrogens (tertiary/aromatic N) is 2. The van der Waals surface area contributed by atoms with Crippen molar-refractivity contribution in [1.29, 1.82) is 0 Å². The van der Waals surface area contributed by atoms with Gasteiger partial charge in [0.05, 0.1) is 23.6 Å². The number of benzene rings is 2. The normalized spacial score (nSPS) is 14.1. The number of methoxy groups -OCH3 is 1. The Morgan fingerprint density at radius 1 is 1.14 bits per heavy atom. The Hall–Kier alpha value is -3.60. The molecule has 178 valence electrons. The van der Waals surface area contributed by atoms with Crippen LogP contribution in [-0.2, 0) is 9.59 Å². The lowest BCUT2D eigenvalue weighted by Gasteiger charge is -2.18. The fourth-order valence-corrected chi connectivity index (χ4v) is 4.79. The zero-order chi connectivity index (χ0) is 24.8. The lowest BCUT2D eigenvalue weighted by atomic mass is 10.2. The molecule has 1 aliphatic rings. The number of rotatable bonds is 6. The first kappa shape index (κ1) is 24.5. The van der Waals surface area contributed by atoms with Crippen molar-refractivity contribution in [3.05, 3.63) is 87.2 Å². The number of halogens is 1. The quantitative estimate of drug-likeness (QED) is 0.367. The number of amides is 3. The number of hydrazine groups is 1. The first-order valence-electron chi connectivity index (χ1n) is 10.2. The van der Waals surface area contributed by atoms with Gasteiger partial charge in [-0.15, -0.1) is 11.3 Å². The van der Waals surface area contributed by atoms with E-state index in [0.29, 0.717) is 27.2 Å². The summed E-state index contributed by atoms with van der Waals surface area (Å²) >= 11 is 8.81. The van der Waals surface area contributed by atoms with Gasteiger partial charge in [0.2, 0.25) is 5.91 Å². The zero-order valence-electron chi connectivity index (χ0n) is 18.4. The molecule has 3 amide bonds. The molecule has 0 unspecified atom stereocenters. The van der Waals surface area contributed by atoms with E-state index in [1.165, 1.54) is 23.3 Å². The molecule has 2 aromatic carbocycles. The van der Waals surface area contributed by atoms with E-state index in [1.807, 2.05) is 17.5 Å². The molecule has 0 atom stereocenters. The zero-order valence-corrected chi connectivity index (χ0v) is 20.7. The van der Waals surface area contributed by atoms with Crippen LogP contribution in [-0.4, -0.2) is 35.8 Å². The van der Waals surface area contributed by atoms with Crippen LogP contribution in [0.4, 0.5) is 5.69 Å². The summed E-state index contributed by atoms with van der Waals surface area (Å²) in [7, 11) is 1.50. The van der Waals surface area contributed by atoms with Gasteiger partial charge < -0.3 is 4.74 Å². The van der Waals surface area contributed by atoms with Crippen molar-refractivity contribution in [2.24, 2.45) is 4.99 Å². The van der Waals surface area contributed by atoms with Gasteiger partial charge in [0.25, 0.3) is 11.8 Å². The third-order valence-corrected chi connectivity index (χ3v) is 6.78. The Balaban J connectivity index is 1.49. The van der Waals surface area contributed by atoms with E-state index in [-0.39, 0.29) is 17.4 Å². The second-order valence-corrected chi connectivity index (χ2v) is 9.38. The number of anilines is 1. The van der Waals surface area contributed by atoms with E-state index in [4.69, 9.17) is 16.3 Å². The fraction of sp³-hybridized carbons (Fsp3) is 0.0833. The molecule has 3 aromatic rings. The smallest absolute Gasteiger partial charge is 0.283 e. The maximum atomic E-state index is 13.2. The van der Waals surface area contributed by atoms with Crippen molar-refractivity contribution in [3.63, 3.8) is 0 Å². The number of amidine groups is 1. The molecule has 8 nitrogen and oxygen atoms in total. The molecule has 1 aliphatic heterocycles. The predicted molar refractivity (Wildman–Crippen MR) is 140 cm³/mol. The number of thiophene rings is 1. The summed E-state index contributed by atoms with van der Waals surface area (Å²) in [6, 6.07) is 17.2. The molecule has 0 saturated carbocycles. The number of carbonyl (C=O) groups excluding carboxylic acids is 3. The molecule has 4 rings (SSSR count). The van der Waals surface area contributed by atoms with Crippen molar-refractivity contribution < 1.29 is 19.1 Å². The Morgan fingerprint density at radius 2 is 1.94 bits per heavy atom. The van der Waals surface area contributed by atoms with E-state index in [1.54, 1.807) is 54.6 Å². The van der Waals surface area contributed by atoms with Gasteiger partial charge in [-0.3, -0.25) is 30.1 Å². The second-order valence-electron chi connectivity index (χ2n) is 7.06. The average Bonchev–Trinajstić information content (AvgIpc) is 3.49. The lowest BCUT2D eigenvalue weighted by molar-refractivity contribution is -0.119. The van der Waals surface area contributed by atoms with Gasteiger partial charge in [0.15, 0.2) is 5.17 Å². The topological polar surface area (TPSA) is 100 Å². The van der Waals surface area contributed by atoms with Crippen molar-refractivity contribution in [2.45, 2.75) is 0 Å². The van der Waals surface area contributed by atoms with E-state index < -0.39 is 11.8 Å². The molecule has 0 aliphatic carbocycles. The van der Waals surface area contributed by atoms with Gasteiger partial charge in [0, 0.05) is 10.4 Å². The summed E-state index contributed by atoms with van der Waals surface area (Å²) in [5.74, 6) is -0.866. The number of hydrogen-bond donors (Lipinski definition) is 2. The monoisotopic (exact) mass is 526 g/mol. The van der Waals surface area contributed by atoms with Crippen molar-refractivity contribution in [1.82, 2.24) is 10.9 Å². The SMILES string of the molecule is COc1ccc(N2C(=O)/C(=C/c3cccs3)N=C2SCC(=O)NNC(=O)c2ccccc2)cc1Cl. The number of thioether (sulfide) groups is 1. The molecule has 35 heavy (non-hydrogen) atoms. The predicted octanol–water partition coefficient (Wildman–Crippen LogP) is 4.35. The van der Waals surface area contributed by atoms with Crippen LogP contribution in [0.3, 0.4) is 0 Å². The summed E-state index contributed by atoms with van der Waals surface area (Å²) in [4.78, 5) is 44.5. The highest BCUT2D eigenvalue weighted by Gasteiger charge is 2.33. The Labute approximate surface area is 214 Å². The van der Waals surface area contributed by atoms with Crippen LogP contribution in [0, 0.1) is 0 Å². The van der Waals surface area contributed by atoms with Gasteiger partial charge in [0.1, 0.15) is 11.4 Å². The molecular weight excluding hydrogens is 508 g/mol. The maximum Gasteiger partial charge on any atom is 0.283 e. The van der Waals surface area contributed by atoms with E-state index in [9.17, 15) is 14.4 Å². The number of ether oxygens (including phenoxy) is 1. The highest BCUT2D eigenvalue weighted by atomic mass is 35.5. The van der Waals surface area contributed by atoms with Crippen LogP contribution in [0.1, 0.15) is 15.2 Å². The van der Waals surface area contributed by atoms with Crippen LogP contribution >= 0.6 is 34.7 Å². The highest BCUT2D eigenvalue weighted by molar-refractivity contribution is 8.14. The van der Waals surface area contributed by atoms with E-state index in [0.717, 1.165) is 16.6 Å². The minimum atomic E-state index is -0.460. The number of carbonyl (C=O) groups is 3. The molecule has 2 N–H and O–H groups in total. The third kappa shape index (κ3) is 5.91.